The van der Waals surface area contributed by atoms with Gasteiger partial charge in [0.2, 0.25) is 11.8 Å². The van der Waals surface area contributed by atoms with Crippen molar-refractivity contribution in [3.05, 3.63) is 35.9 Å². The van der Waals surface area contributed by atoms with Crippen molar-refractivity contribution < 1.29 is 38.6 Å². The normalized spacial score (nSPS) is 13.1. The van der Waals surface area contributed by atoms with E-state index in [0.29, 0.717) is 0 Å². The first-order valence-corrected chi connectivity index (χ1v) is 10.2. The van der Waals surface area contributed by atoms with E-state index in [2.05, 4.69) is 10.6 Å². The molecule has 2 amide bonds. The van der Waals surface area contributed by atoms with Gasteiger partial charge in [-0.3, -0.25) is 19.2 Å². The molecule has 0 unspecified atom stereocenters. The summed E-state index contributed by atoms with van der Waals surface area (Å²) in [6.45, 7) is 2.94. The molecule has 1 rings (SSSR count). The highest BCUT2D eigenvalue weighted by molar-refractivity contribution is 7.94. The molecule has 0 aliphatic carbocycles. The zero-order valence-electron chi connectivity index (χ0n) is 17.2. The molecule has 2 atom stereocenters. The van der Waals surface area contributed by atoms with Crippen LogP contribution in [0.2, 0.25) is 0 Å². The molecule has 12 heteroatoms. The SMILES string of the molecule is CC(C)(OOSC[C@H](NC(=O)CC[C@H](N)C(=O)O)C(=O)NCC(=O)O)c1ccccc1. The Kier molecular flexibility index (Phi) is 11.0. The molecule has 0 saturated heterocycles. The van der Waals surface area contributed by atoms with Crippen molar-refractivity contribution in [2.24, 2.45) is 5.73 Å². The maximum absolute atomic E-state index is 12.2. The third-order valence-corrected chi connectivity index (χ3v) is 4.69. The molecule has 0 saturated carbocycles. The van der Waals surface area contributed by atoms with Crippen LogP contribution in [0.15, 0.2) is 30.3 Å². The predicted molar refractivity (Wildman–Crippen MR) is 112 cm³/mol. The van der Waals surface area contributed by atoms with E-state index in [1.807, 2.05) is 30.3 Å². The number of carbonyl (C=O) groups excluding carboxylic acids is 2. The maximum Gasteiger partial charge on any atom is 0.322 e. The lowest BCUT2D eigenvalue weighted by atomic mass is 9.99. The quantitative estimate of drug-likeness (QED) is 0.114. The number of carboxylic acid groups (broad SMARTS) is 2. The van der Waals surface area contributed by atoms with E-state index in [1.54, 1.807) is 13.8 Å². The van der Waals surface area contributed by atoms with Crippen LogP contribution in [0.3, 0.4) is 0 Å². The average molecular weight is 458 g/mol. The van der Waals surface area contributed by atoms with Crippen LogP contribution in [0.1, 0.15) is 32.3 Å². The summed E-state index contributed by atoms with van der Waals surface area (Å²) in [5.41, 5.74) is 5.43. The van der Waals surface area contributed by atoms with Crippen molar-refractivity contribution >= 4 is 35.8 Å². The number of amides is 2. The number of benzene rings is 1. The maximum atomic E-state index is 12.2. The van der Waals surface area contributed by atoms with E-state index in [4.69, 9.17) is 25.2 Å². The number of nitrogens with one attached hydrogen (secondary N) is 2. The van der Waals surface area contributed by atoms with Gasteiger partial charge >= 0.3 is 11.9 Å². The number of hydrogen-bond donors (Lipinski definition) is 5. The van der Waals surface area contributed by atoms with Gasteiger partial charge in [0.25, 0.3) is 0 Å². The van der Waals surface area contributed by atoms with E-state index in [0.717, 1.165) is 17.6 Å². The minimum Gasteiger partial charge on any atom is -0.480 e. The fourth-order valence-corrected chi connectivity index (χ4v) is 2.88. The van der Waals surface area contributed by atoms with Gasteiger partial charge in [0, 0.05) is 18.5 Å². The summed E-state index contributed by atoms with van der Waals surface area (Å²) in [5, 5.41) is 22.1. The standard InChI is InChI=1S/C19H27N3O8S/c1-19(2,12-6-4-3-5-7-12)29-30-31-11-14(17(26)21-10-16(24)25)22-15(23)9-8-13(20)18(27)28/h3-7,13-14H,8-11,20H2,1-2H3,(H,21,26)(H,22,23)(H,24,25)(H,27,28)/t13-,14-/m0/s1. The summed E-state index contributed by atoms with van der Waals surface area (Å²) in [4.78, 5) is 51.1. The van der Waals surface area contributed by atoms with Gasteiger partial charge in [-0.2, -0.15) is 4.33 Å². The smallest absolute Gasteiger partial charge is 0.322 e. The van der Waals surface area contributed by atoms with Gasteiger partial charge in [0.05, 0.1) is 5.75 Å². The van der Waals surface area contributed by atoms with Crippen molar-refractivity contribution in [2.75, 3.05) is 12.3 Å². The highest BCUT2D eigenvalue weighted by atomic mass is 32.2. The number of carboxylic acids is 2. The second kappa shape index (κ2) is 12.9. The molecular formula is C19H27N3O8S. The Labute approximate surface area is 183 Å². The minimum absolute atomic E-state index is 0.0902. The van der Waals surface area contributed by atoms with Gasteiger partial charge in [-0.05, 0) is 25.8 Å². The molecule has 0 radical (unpaired) electrons. The Bertz CT molecular complexity index is 760. The second-order valence-corrected chi connectivity index (χ2v) is 7.73. The first-order chi connectivity index (χ1) is 14.5. The Morgan fingerprint density at radius 3 is 2.39 bits per heavy atom. The number of rotatable bonds is 14. The third-order valence-electron chi connectivity index (χ3n) is 4.06. The van der Waals surface area contributed by atoms with Gasteiger partial charge in [0.1, 0.15) is 24.2 Å². The highest BCUT2D eigenvalue weighted by Gasteiger charge is 2.25. The zero-order chi connectivity index (χ0) is 23.4. The van der Waals surface area contributed by atoms with Crippen molar-refractivity contribution in [3.63, 3.8) is 0 Å². The van der Waals surface area contributed by atoms with Crippen LogP contribution < -0.4 is 16.4 Å². The summed E-state index contributed by atoms with van der Waals surface area (Å²) >= 11 is 0.753. The largest absolute Gasteiger partial charge is 0.480 e. The van der Waals surface area contributed by atoms with Crippen LogP contribution in [0.25, 0.3) is 0 Å². The van der Waals surface area contributed by atoms with Crippen molar-refractivity contribution in [3.8, 4) is 0 Å². The van der Waals surface area contributed by atoms with Crippen molar-refractivity contribution in [2.45, 2.75) is 44.4 Å². The summed E-state index contributed by atoms with van der Waals surface area (Å²) < 4.78 is 5.14. The van der Waals surface area contributed by atoms with Crippen molar-refractivity contribution in [1.29, 1.82) is 0 Å². The van der Waals surface area contributed by atoms with Crippen molar-refractivity contribution in [1.82, 2.24) is 10.6 Å². The summed E-state index contributed by atoms with van der Waals surface area (Å²) in [6.07, 6.45) is -0.345. The molecule has 11 nitrogen and oxygen atoms in total. The van der Waals surface area contributed by atoms with Crippen LogP contribution in [-0.4, -0.2) is 58.3 Å². The van der Waals surface area contributed by atoms with E-state index in [9.17, 15) is 19.2 Å². The lowest BCUT2D eigenvalue weighted by Gasteiger charge is -2.24. The Balaban J connectivity index is 2.61. The van der Waals surface area contributed by atoms with Gasteiger partial charge < -0.3 is 26.6 Å². The topological polar surface area (TPSA) is 177 Å². The number of hydrogen-bond acceptors (Lipinski definition) is 8. The molecular weight excluding hydrogens is 430 g/mol. The molecule has 6 N–H and O–H groups in total. The van der Waals surface area contributed by atoms with E-state index < -0.39 is 48.0 Å². The molecule has 0 fully saturated rings. The van der Waals surface area contributed by atoms with Crippen LogP contribution in [0.4, 0.5) is 0 Å². The van der Waals surface area contributed by atoms with E-state index in [-0.39, 0.29) is 18.6 Å². The molecule has 31 heavy (non-hydrogen) atoms. The number of nitrogens with two attached hydrogens (primary N) is 1. The highest BCUT2D eigenvalue weighted by Crippen LogP contribution is 2.26. The average Bonchev–Trinajstić information content (AvgIpc) is 2.72. The second-order valence-electron chi connectivity index (χ2n) is 7.03. The molecule has 0 aliphatic heterocycles. The van der Waals surface area contributed by atoms with Crippen LogP contribution >= 0.6 is 12.0 Å². The molecule has 0 bridgehead atoms. The van der Waals surface area contributed by atoms with Crippen LogP contribution in [0.5, 0.6) is 0 Å². The number of aliphatic carboxylic acids is 2. The molecule has 1 aromatic carbocycles. The van der Waals surface area contributed by atoms with Gasteiger partial charge in [0.15, 0.2) is 0 Å². The first-order valence-electron chi connectivity index (χ1n) is 9.33. The first kappa shape index (κ1) is 26.4. The van der Waals surface area contributed by atoms with Crippen LogP contribution in [-0.2, 0) is 34.0 Å². The Morgan fingerprint density at radius 1 is 1.16 bits per heavy atom. The molecule has 1 aromatic rings. The van der Waals surface area contributed by atoms with Gasteiger partial charge in [-0.25, -0.2) is 4.89 Å². The lowest BCUT2D eigenvalue weighted by molar-refractivity contribution is -0.274. The molecule has 0 aliphatic rings. The van der Waals surface area contributed by atoms with Crippen LogP contribution in [0, 0.1) is 0 Å². The van der Waals surface area contributed by atoms with E-state index in [1.165, 1.54) is 0 Å². The fourth-order valence-electron chi connectivity index (χ4n) is 2.24. The Hall–Kier alpha value is -2.67. The van der Waals surface area contributed by atoms with Gasteiger partial charge in [-0.1, -0.05) is 30.3 Å². The molecule has 0 aromatic heterocycles. The predicted octanol–water partition coefficient (Wildman–Crippen LogP) is 0.396. The monoisotopic (exact) mass is 457 g/mol. The van der Waals surface area contributed by atoms with Gasteiger partial charge in [-0.15, -0.1) is 0 Å². The third kappa shape index (κ3) is 10.3. The summed E-state index contributed by atoms with van der Waals surface area (Å²) in [5.74, 6) is -3.93. The molecule has 0 spiro atoms. The number of carbonyl (C=O) groups is 4. The lowest BCUT2D eigenvalue weighted by Crippen LogP contribution is -2.49. The fraction of sp³-hybridized carbons (Fsp3) is 0.474. The molecule has 0 heterocycles. The Morgan fingerprint density at radius 2 is 1.81 bits per heavy atom. The summed E-state index contributed by atoms with van der Waals surface area (Å²) in [6, 6.07) is 6.93. The zero-order valence-corrected chi connectivity index (χ0v) is 18.0. The summed E-state index contributed by atoms with van der Waals surface area (Å²) in [7, 11) is 0. The van der Waals surface area contributed by atoms with E-state index >= 15 is 0 Å². The minimum atomic E-state index is -1.25. The molecule has 172 valence electrons.